The highest BCUT2D eigenvalue weighted by Gasteiger charge is 2.23. The largest absolute Gasteiger partial charge is 0.372 e. The van der Waals surface area contributed by atoms with E-state index >= 15 is 0 Å². The third-order valence-corrected chi connectivity index (χ3v) is 5.53. The predicted molar refractivity (Wildman–Crippen MR) is 140 cm³/mol. The fourth-order valence-electron chi connectivity index (χ4n) is 4.00. The summed E-state index contributed by atoms with van der Waals surface area (Å²) in [4.78, 5) is 18.5. The minimum atomic E-state index is -0.224. The molecule has 1 atom stereocenters. The number of carbonyl (C=O) groups excluding carboxylic acids is 1. The number of hydrogen-bond acceptors (Lipinski definition) is 3. The Morgan fingerprint density at radius 1 is 1.12 bits per heavy atom. The van der Waals surface area contributed by atoms with Gasteiger partial charge in [-0.2, -0.15) is 0 Å². The van der Waals surface area contributed by atoms with Crippen molar-refractivity contribution in [2.45, 2.75) is 45.9 Å². The number of likely N-dealkylation sites (tertiary alicyclic amines) is 1. The van der Waals surface area contributed by atoms with E-state index in [0.29, 0.717) is 32.1 Å². The number of guanidine groups is 1. The maximum absolute atomic E-state index is 11.3. The van der Waals surface area contributed by atoms with Gasteiger partial charge in [0.05, 0.1) is 19.8 Å². The number of nitrogens with one attached hydrogen (secondary N) is 1. The van der Waals surface area contributed by atoms with Gasteiger partial charge in [-0.15, -0.1) is 24.0 Å². The van der Waals surface area contributed by atoms with E-state index in [9.17, 15) is 4.79 Å². The van der Waals surface area contributed by atoms with Gasteiger partial charge in [0.1, 0.15) is 0 Å². The van der Waals surface area contributed by atoms with Crippen molar-refractivity contribution in [2.75, 3.05) is 19.6 Å². The van der Waals surface area contributed by atoms with Gasteiger partial charge in [-0.25, -0.2) is 4.99 Å². The molecule has 3 rings (SSSR count). The van der Waals surface area contributed by atoms with Crippen molar-refractivity contribution in [3.05, 3.63) is 71.3 Å². The average Bonchev–Trinajstić information content (AvgIpc) is 2.78. The molecule has 1 saturated heterocycles. The highest BCUT2D eigenvalue weighted by atomic mass is 127. The van der Waals surface area contributed by atoms with Crippen molar-refractivity contribution in [3.8, 4) is 0 Å². The van der Waals surface area contributed by atoms with E-state index in [4.69, 9.17) is 15.5 Å². The molecule has 174 valence electrons. The molecular formula is C25H35IN4O2. The summed E-state index contributed by atoms with van der Waals surface area (Å²) in [7, 11) is 0. The Morgan fingerprint density at radius 2 is 1.84 bits per heavy atom. The molecule has 0 radical (unpaired) electrons. The lowest BCUT2D eigenvalue weighted by atomic mass is 9.95. The Hall–Kier alpha value is -2.13. The summed E-state index contributed by atoms with van der Waals surface area (Å²) in [5.74, 6) is 0.976. The Kier molecular flexibility index (Phi) is 11.5. The summed E-state index contributed by atoms with van der Waals surface area (Å²) < 4.78 is 5.95. The third-order valence-electron chi connectivity index (χ3n) is 5.53. The van der Waals surface area contributed by atoms with Crippen LogP contribution >= 0.6 is 24.0 Å². The van der Waals surface area contributed by atoms with E-state index in [0.717, 1.165) is 49.6 Å². The van der Waals surface area contributed by atoms with Crippen LogP contribution in [0.4, 0.5) is 0 Å². The molecule has 1 heterocycles. The molecule has 7 heteroatoms. The van der Waals surface area contributed by atoms with Crippen LogP contribution in [-0.4, -0.2) is 36.4 Å². The summed E-state index contributed by atoms with van der Waals surface area (Å²) in [6.45, 7) is 6.38. The molecule has 2 aromatic rings. The number of benzene rings is 2. The molecule has 2 aromatic carbocycles. The maximum Gasteiger partial charge on any atom is 0.217 e. The molecule has 32 heavy (non-hydrogen) atoms. The minimum Gasteiger partial charge on any atom is -0.372 e. The predicted octanol–water partition coefficient (Wildman–Crippen LogP) is 4.07. The highest BCUT2D eigenvalue weighted by molar-refractivity contribution is 14.0. The summed E-state index contributed by atoms with van der Waals surface area (Å²) in [6, 6.07) is 18.5. The standard InChI is InChI=1S/C25H34N4O2.HI/c1-2-27-25(29-14-8-11-21(17-29)15-24(26)30)28-16-22-12-6-7-13-23(22)19-31-18-20-9-4-3-5-10-20;/h3-7,9-10,12-13,21H,2,8,11,14-19H2,1H3,(H2,26,30)(H,27,28);1H. The second-order valence-corrected chi connectivity index (χ2v) is 8.04. The van der Waals surface area contributed by atoms with Crippen LogP contribution in [0.25, 0.3) is 0 Å². The van der Waals surface area contributed by atoms with Crippen molar-refractivity contribution >= 4 is 35.8 Å². The van der Waals surface area contributed by atoms with E-state index in [1.165, 1.54) is 5.56 Å². The van der Waals surface area contributed by atoms with Gasteiger partial charge in [0.2, 0.25) is 5.91 Å². The van der Waals surface area contributed by atoms with Crippen molar-refractivity contribution in [1.29, 1.82) is 0 Å². The molecule has 3 N–H and O–H groups in total. The average molecular weight is 550 g/mol. The zero-order chi connectivity index (χ0) is 21.9. The topological polar surface area (TPSA) is 80.0 Å². The maximum atomic E-state index is 11.3. The molecule has 0 spiro atoms. The number of carbonyl (C=O) groups is 1. The molecular weight excluding hydrogens is 515 g/mol. The molecule has 0 bridgehead atoms. The van der Waals surface area contributed by atoms with Gasteiger partial charge in [0.15, 0.2) is 5.96 Å². The fourth-order valence-corrected chi connectivity index (χ4v) is 4.00. The number of halogens is 1. The smallest absolute Gasteiger partial charge is 0.217 e. The van der Waals surface area contributed by atoms with Crippen LogP contribution in [0, 0.1) is 5.92 Å². The number of amides is 1. The van der Waals surface area contributed by atoms with Gasteiger partial charge >= 0.3 is 0 Å². The van der Waals surface area contributed by atoms with Crippen LogP contribution < -0.4 is 11.1 Å². The Labute approximate surface area is 208 Å². The lowest BCUT2D eigenvalue weighted by molar-refractivity contribution is -0.119. The summed E-state index contributed by atoms with van der Waals surface area (Å²) in [5, 5.41) is 3.41. The number of piperidine rings is 1. The number of nitrogens with two attached hydrogens (primary N) is 1. The molecule has 6 nitrogen and oxygen atoms in total. The van der Waals surface area contributed by atoms with Crippen LogP contribution in [0.3, 0.4) is 0 Å². The Bertz CT molecular complexity index is 860. The van der Waals surface area contributed by atoms with Gasteiger partial charge in [0.25, 0.3) is 0 Å². The van der Waals surface area contributed by atoms with Crippen LogP contribution in [0.5, 0.6) is 0 Å². The molecule has 1 amide bonds. The van der Waals surface area contributed by atoms with Crippen LogP contribution in [0.15, 0.2) is 59.6 Å². The SMILES string of the molecule is CCNC(=NCc1ccccc1COCc1ccccc1)N1CCCC(CC(N)=O)C1.I. The zero-order valence-electron chi connectivity index (χ0n) is 18.8. The molecule has 1 aliphatic heterocycles. The number of ether oxygens (including phenoxy) is 1. The lowest BCUT2D eigenvalue weighted by Crippen LogP contribution is -2.47. The first-order valence-electron chi connectivity index (χ1n) is 11.2. The van der Waals surface area contributed by atoms with E-state index in [2.05, 4.69) is 41.4 Å². The Morgan fingerprint density at radius 3 is 2.56 bits per heavy atom. The normalized spacial score (nSPS) is 16.3. The molecule has 0 aromatic heterocycles. The number of nitrogens with zero attached hydrogens (tertiary/aromatic N) is 2. The van der Waals surface area contributed by atoms with E-state index in [1.807, 2.05) is 30.3 Å². The first-order valence-corrected chi connectivity index (χ1v) is 11.2. The number of primary amides is 1. The zero-order valence-corrected chi connectivity index (χ0v) is 21.2. The van der Waals surface area contributed by atoms with Gasteiger partial charge in [-0.3, -0.25) is 4.79 Å². The number of aliphatic imine (C=N–C) groups is 1. The minimum absolute atomic E-state index is 0. The quantitative estimate of drug-likeness (QED) is 0.280. The van der Waals surface area contributed by atoms with Gasteiger partial charge < -0.3 is 20.7 Å². The lowest BCUT2D eigenvalue weighted by Gasteiger charge is -2.34. The van der Waals surface area contributed by atoms with E-state index in [1.54, 1.807) is 0 Å². The van der Waals surface area contributed by atoms with Gasteiger partial charge in [-0.1, -0.05) is 54.6 Å². The van der Waals surface area contributed by atoms with Crippen LogP contribution in [-0.2, 0) is 29.3 Å². The monoisotopic (exact) mass is 550 g/mol. The van der Waals surface area contributed by atoms with Crippen LogP contribution in [0.1, 0.15) is 42.9 Å². The number of hydrogen-bond donors (Lipinski definition) is 2. The van der Waals surface area contributed by atoms with Crippen molar-refractivity contribution < 1.29 is 9.53 Å². The molecule has 0 saturated carbocycles. The van der Waals surface area contributed by atoms with Crippen LogP contribution in [0.2, 0.25) is 0 Å². The third kappa shape index (κ3) is 8.43. The second-order valence-electron chi connectivity index (χ2n) is 8.04. The molecule has 1 aliphatic rings. The summed E-state index contributed by atoms with van der Waals surface area (Å²) in [6.07, 6.45) is 2.53. The second kappa shape index (κ2) is 14.1. The first-order chi connectivity index (χ1) is 15.2. The van der Waals surface area contributed by atoms with Gasteiger partial charge in [0, 0.05) is 26.1 Å². The van der Waals surface area contributed by atoms with Crippen molar-refractivity contribution in [1.82, 2.24) is 10.2 Å². The molecule has 1 fully saturated rings. The Balaban J connectivity index is 0.00000363. The summed E-state index contributed by atoms with van der Waals surface area (Å²) in [5.41, 5.74) is 8.91. The van der Waals surface area contributed by atoms with Gasteiger partial charge in [-0.05, 0) is 42.4 Å². The van der Waals surface area contributed by atoms with Crippen molar-refractivity contribution in [2.24, 2.45) is 16.6 Å². The first kappa shape index (κ1) is 26.1. The van der Waals surface area contributed by atoms with Crippen molar-refractivity contribution in [3.63, 3.8) is 0 Å². The molecule has 1 unspecified atom stereocenters. The van der Waals surface area contributed by atoms with E-state index < -0.39 is 0 Å². The van der Waals surface area contributed by atoms with E-state index in [-0.39, 0.29) is 29.9 Å². The number of rotatable bonds is 9. The molecule has 0 aliphatic carbocycles. The summed E-state index contributed by atoms with van der Waals surface area (Å²) >= 11 is 0. The fraction of sp³-hybridized carbons (Fsp3) is 0.440. The highest BCUT2D eigenvalue weighted by Crippen LogP contribution is 2.20.